The van der Waals surface area contributed by atoms with Gasteiger partial charge in [0.15, 0.2) is 17.5 Å². The van der Waals surface area contributed by atoms with Crippen LogP contribution in [0.25, 0.3) is 0 Å². The summed E-state index contributed by atoms with van der Waals surface area (Å²) in [6.07, 6.45) is 6.35. The largest absolute Gasteiger partial charge is 0.493 e. The molecule has 1 aliphatic carbocycles. The molecule has 0 spiro atoms. The molecular weight excluding hydrogens is 523 g/mol. The second-order valence-electron chi connectivity index (χ2n) is 8.16. The van der Waals surface area contributed by atoms with Gasteiger partial charge in [-0.2, -0.15) is 0 Å². The highest BCUT2D eigenvalue weighted by molar-refractivity contribution is 14.0. The molecule has 2 aliphatic rings. The van der Waals surface area contributed by atoms with Crippen LogP contribution in [-0.4, -0.2) is 77.6 Å². The number of nitrogens with zero attached hydrogens (tertiary/aromatic N) is 2. The van der Waals surface area contributed by atoms with Crippen molar-refractivity contribution in [2.75, 3.05) is 61.2 Å². The fraction of sp³-hybridized carbons (Fsp3) is 0.696. The molecule has 0 bridgehead atoms. The standard InChI is InChI=1S/C23H38N4O4.HI/c1-24-22(25-16-18-8-9-19(28-2)21(30-4)20(18)29-3)26-17-23(10-6-5-7-11-23)27-12-14-31-15-13-27;/h8-9H,5-7,10-17H2,1-4H3,(H2,24,25,26);1H. The van der Waals surface area contributed by atoms with Crippen molar-refractivity contribution in [3.05, 3.63) is 17.7 Å². The lowest BCUT2D eigenvalue weighted by Crippen LogP contribution is -2.60. The van der Waals surface area contributed by atoms with E-state index < -0.39 is 0 Å². The van der Waals surface area contributed by atoms with E-state index >= 15 is 0 Å². The Kier molecular flexibility index (Phi) is 11.1. The maximum Gasteiger partial charge on any atom is 0.203 e. The van der Waals surface area contributed by atoms with Crippen LogP contribution >= 0.6 is 24.0 Å². The van der Waals surface area contributed by atoms with E-state index in [0.29, 0.717) is 23.8 Å². The third kappa shape index (κ3) is 6.32. The van der Waals surface area contributed by atoms with Crippen LogP contribution < -0.4 is 24.8 Å². The molecule has 2 fully saturated rings. The van der Waals surface area contributed by atoms with Crippen LogP contribution in [0.5, 0.6) is 17.2 Å². The van der Waals surface area contributed by atoms with Crippen LogP contribution in [-0.2, 0) is 11.3 Å². The lowest BCUT2D eigenvalue weighted by atomic mass is 9.80. The van der Waals surface area contributed by atoms with E-state index in [2.05, 4.69) is 20.5 Å². The average Bonchev–Trinajstić information content (AvgIpc) is 2.84. The summed E-state index contributed by atoms with van der Waals surface area (Å²) in [5, 5.41) is 7.02. The molecule has 1 saturated heterocycles. The molecule has 0 aromatic heterocycles. The molecule has 182 valence electrons. The molecule has 0 radical (unpaired) electrons. The van der Waals surface area contributed by atoms with E-state index in [4.69, 9.17) is 18.9 Å². The minimum Gasteiger partial charge on any atom is -0.493 e. The van der Waals surface area contributed by atoms with E-state index in [9.17, 15) is 0 Å². The number of methoxy groups -OCH3 is 3. The third-order valence-electron chi connectivity index (χ3n) is 6.51. The highest BCUT2D eigenvalue weighted by Crippen LogP contribution is 2.39. The summed E-state index contributed by atoms with van der Waals surface area (Å²) in [5.74, 6) is 2.70. The molecule has 2 N–H and O–H groups in total. The quantitative estimate of drug-likeness (QED) is 0.287. The molecule has 0 amide bonds. The summed E-state index contributed by atoms with van der Waals surface area (Å²) < 4.78 is 22.1. The van der Waals surface area contributed by atoms with Crippen molar-refractivity contribution in [2.45, 2.75) is 44.2 Å². The van der Waals surface area contributed by atoms with Gasteiger partial charge in [0.05, 0.1) is 34.5 Å². The van der Waals surface area contributed by atoms with Gasteiger partial charge in [-0.3, -0.25) is 9.89 Å². The first-order valence-electron chi connectivity index (χ1n) is 11.2. The number of guanidine groups is 1. The zero-order chi connectivity index (χ0) is 22.1. The maximum absolute atomic E-state index is 5.60. The number of aliphatic imine (C=N–C) groups is 1. The summed E-state index contributed by atoms with van der Waals surface area (Å²) in [6, 6.07) is 3.88. The van der Waals surface area contributed by atoms with E-state index in [0.717, 1.165) is 44.4 Å². The summed E-state index contributed by atoms with van der Waals surface area (Å²) >= 11 is 0. The number of halogens is 1. The van der Waals surface area contributed by atoms with Gasteiger partial charge in [-0.15, -0.1) is 24.0 Å². The number of nitrogens with one attached hydrogen (secondary N) is 2. The van der Waals surface area contributed by atoms with E-state index in [1.807, 2.05) is 19.2 Å². The summed E-state index contributed by atoms with van der Waals surface area (Å²) in [5.41, 5.74) is 1.16. The Hall–Kier alpha value is -1.46. The highest BCUT2D eigenvalue weighted by Gasteiger charge is 2.38. The van der Waals surface area contributed by atoms with Crippen LogP contribution in [0.4, 0.5) is 0 Å². The van der Waals surface area contributed by atoms with E-state index in [-0.39, 0.29) is 29.5 Å². The Balaban J connectivity index is 0.00000363. The fourth-order valence-electron chi connectivity index (χ4n) is 4.80. The number of ether oxygens (including phenoxy) is 4. The zero-order valence-electron chi connectivity index (χ0n) is 19.9. The topological polar surface area (TPSA) is 76.6 Å². The smallest absolute Gasteiger partial charge is 0.203 e. The summed E-state index contributed by atoms with van der Waals surface area (Å²) in [7, 11) is 6.69. The van der Waals surface area contributed by atoms with Gasteiger partial charge in [0.1, 0.15) is 0 Å². The lowest BCUT2D eigenvalue weighted by Gasteiger charge is -2.48. The Morgan fingerprint density at radius 1 is 1.00 bits per heavy atom. The Morgan fingerprint density at radius 2 is 1.69 bits per heavy atom. The van der Waals surface area contributed by atoms with Crippen molar-refractivity contribution in [1.29, 1.82) is 0 Å². The molecule has 1 aliphatic heterocycles. The van der Waals surface area contributed by atoms with Gasteiger partial charge in [0.2, 0.25) is 5.75 Å². The monoisotopic (exact) mass is 562 g/mol. The number of hydrogen-bond acceptors (Lipinski definition) is 6. The van der Waals surface area contributed by atoms with Crippen LogP contribution in [0.3, 0.4) is 0 Å². The molecule has 8 nitrogen and oxygen atoms in total. The molecule has 9 heteroatoms. The Labute approximate surface area is 209 Å². The van der Waals surface area contributed by atoms with Gasteiger partial charge in [-0.05, 0) is 25.0 Å². The second kappa shape index (κ2) is 13.3. The molecule has 0 unspecified atom stereocenters. The number of hydrogen-bond donors (Lipinski definition) is 2. The van der Waals surface area contributed by atoms with E-state index in [1.54, 1.807) is 21.3 Å². The molecule has 0 atom stereocenters. The Bertz CT molecular complexity index is 735. The van der Waals surface area contributed by atoms with Gasteiger partial charge in [-0.25, -0.2) is 0 Å². The normalized spacial score (nSPS) is 18.9. The Morgan fingerprint density at radius 3 is 2.28 bits per heavy atom. The predicted molar refractivity (Wildman–Crippen MR) is 138 cm³/mol. The average molecular weight is 562 g/mol. The zero-order valence-corrected chi connectivity index (χ0v) is 22.2. The van der Waals surface area contributed by atoms with Crippen LogP contribution in [0.15, 0.2) is 17.1 Å². The second-order valence-corrected chi connectivity index (χ2v) is 8.16. The molecule has 1 saturated carbocycles. The van der Waals surface area contributed by atoms with Crippen molar-refractivity contribution in [1.82, 2.24) is 15.5 Å². The predicted octanol–water partition coefficient (Wildman–Crippen LogP) is 3.03. The number of morpholine rings is 1. The molecular formula is C23H39IN4O4. The SMILES string of the molecule is CN=C(NCc1ccc(OC)c(OC)c1OC)NCC1(N2CCOCC2)CCCCC1.I. The van der Waals surface area contributed by atoms with Crippen molar-refractivity contribution >= 4 is 29.9 Å². The van der Waals surface area contributed by atoms with Gasteiger partial charge >= 0.3 is 0 Å². The summed E-state index contributed by atoms with van der Waals surface area (Å²) in [4.78, 5) is 7.08. The van der Waals surface area contributed by atoms with Crippen LogP contribution in [0.2, 0.25) is 0 Å². The summed E-state index contributed by atoms with van der Waals surface area (Å²) in [6.45, 7) is 5.12. The third-order valence-corrected chi connectivity index (χ3v) is 6.51. The molecule has 1 aromatic rings. The van der Waals surface area contributed by atoms with Crippen molar-refractivity contribution in [3.8, 4) is 17.2 Å². The van der Waals surface area contributed by atoms with Gasteiger partial charge in [0.25, 0.3) is 0 Å². The molecule has 1 aromatic carbocycles. The number of rotatable bonds is 8. The first kappa shape index (κ1) is 26.8. The molecule has 1 heterocycles. The minimum atomic E-state index is 0. The molecule has 32 heavy (non-hydrogen) atoms. The first-order valence-corrected chi connectivity index (χ1v) is 11.2. The van der Waals surface area contributed by atoms with E-state index in [1.165, 1.54) is 32.1 Å². The highest BCUT2D eigenvalue weighted by atomic mass is 127. The van der Waals surface area contributed by atoms with Crippen molar-refractivity contribution in [3.63, 3.8) is 0 Å². The van der Waals surface area contributed by atoms with Gasteiger partial charge < -0.3 is 29.6 Å². The maximum atomic E-state index is 5.60. The fourth-order valence-corrected chi connectivity index (χ4v) is 4.80. The minimum absolute atomic E-state index is 0. The first-order chi connectivity index (χ1) is 15.2. The van der Waals surface area contributed by atoms with Crippen LogP contribution in [0, 0.1) is 0 Å². The van der Waals surface area contributed by atoms with Crippen molar-refractivity contribution in [2.24, 2.45) is 4.99 Å². The molecule has 3 rings (SSSR count). The lowest BCUT2D eigenvalue weighted by molar-refractivity contribution is -0.0352. The number of benzene rings is 1. The van der Waals surface area contributed by atoms with Crippen molar-refractivity contribution < 1.29 is 18.9 Å². The van der Waals surface area contributed by atoms with Crippen LogP contribution in [0.1, 0.15) is 37.7 Å². The van der Waals surface area contributed by atoms with Gasteiger partial charge in [0, 0.05) is 44.3 Å². The van der Waals surface area contributed by atoms with Gasteiger partial charge in [-0.1, -0.05) is 19.3 Å².